The first kappa shape index (κ1) is 12.7. The lowest BCUT2D eigenvalue weighted by Crippen LogP contribution is -2.01. The van der Waals surface area contributed by atoms with Gasteiger partial charge < -0.3 is 4.74 Å². The molecule has 0 aliphatic heterocycles. The van der Waals surface area contributed by atoms with Crippen molar-refractivity contribution in [1.29, 1.82) is 0 Å². The quantitative estimate of drug-likeness (QED) is 0.798. The van der Waals surface area contributed by atoms with Crippen molar-refractivity contribution < 1.29 is 13.9 Å². The molecule has 94 valence electrons. The summed E-state index contributed by atoms with van der Waals surface area (Å²) >= 11 is 1.20. The number of hydrogen-bond acceptors (Lipinski definition) is 4. The number of nitrogens with zero attached hydrogens (tertiary/aromatic N) is 1. The van der Waals surface area contributed by atoms with Crippen LogP contribution in [0.2, 0.25) is 0 Å². The first-order chi connectivity index (χ1) is 8.60. The number of aryl methyl sites for hydroxylation is 1. The summed E-state index contributed by atoms with van der Waals surface area (Å²) in [5.74, 6) is -0.702. The molecule has 0 unspecified atom stereocenters. The molecule has 2 aromatic rings. The predicted molar refractivity (Wildman–Crippen MR) is 68.2 cm³/mol. The Morgan fingerprint density at radius 2 is 2.22 bits per heavy atom. The Hall–Kier alpha value is -1.75. The van der Waals surface area contributed by atoms with Crippen molar-refractivity contribution in [3.8, 4) is 10.6 Å². The molecule has 1 aromatic carbocycles. The summed E-state index contributed by atoms with van der Waals surface area (Å²) in [5.41, 5.74) is 1.49. The fourth-order valence-electron chi connectivity index (χ4n) is 1.56. The fraction of sp³-hybridized carbons (Fsp3) is 0.231. The highest BCUT2D eigenvalue weighted by molar-refractivity contribution is 7.16. The Balaban J connectivity index is 2.32. The second-order valence-electron chi connectivity index (χ2n) is 3.77. The van der Waals surface area contributed by atoms with Crippen LogP contribution in [0.1, 0.15) is 22.2 Å². The third kappa shape index (κ3) is 2.73. The Labute approximate surface area is 108 Å². The molecule has 0 saturated carbocycles. The number of halogens is 1. The number of thiazole rings is 1. The molecule has 0 fully saturated rings. The summed E-state index contributed by atoms with van der Waals surface area (Å²) in [5, 5.41) is 0.612. The molecular formula is C13H12FNO2S. The molecule has 0 atom stereocenters. The van der Waals surface area contributed by atoms with Gasteiger partial charge in [0.2, 0.25) is 0 Å². The highest BCUT2D eigenvalue weighted by Gasteiger charge is 2.13. The summed E-state index contributed by atoms with van der Waals surface area (Å²) < 4.78 is 18.2. The molecule has 0 saturated heterocycles. The van der Waals surface area contributed by atoms with Gasteiger partial charge in [0, 0.05) is 5.56 Å². The summed E-state index contributed by atoms with van der Waals surface area (Å²) in [7, 11) is 0. The summed E-state index contributed by atoms with van der Waals surface area (Å²) in [4.78, 5) is 16.0. The van der Waals surface area contributed by atoms with Crippen molar-refractivity contribution in [3.05, 3.63) is 40.7 Å². The number of benzene rings is 1. The first-order valence-corrected chi connectivity index (χ1v) is 6.32. The molecule has 0 radical (unpaired) electrons. The lowest BCUT2D eigenvalue weighted by Gasteiger charge is -1.99. The molecule has 1 heterocycles. The van der Waals surface area contributed by atoms with Gasteiger partial charge in [-0.05, 0) is 37.6 Å². The average molecular weight is 265 g/mol. The maximum Gasteiger partial charge on any atom is 0.349 e. The highest BCUT2D eigenvalue weighted by atomic mass is 32.1. The molecule has 0 bridgehead atoms. The van der Waals surface area contributed by atoms with Gasteiger partial charge in [0.25, 0.3) is 0 Å². The molecule has 3 nitrogen and oxygen atoms in total. The highest BCUT2D eigenvalue weighted by Crippen LogP contribution is 2.27. The fourth-order valence-corrected chi connectivity index (χ4v) is 2.36. The smallest absolute Gasteiger partial charge is 0.349 e. The number of aromatic nitrogens is 1. The molecule has 0 N–H and O–H groups in total. The van der Waals surface area contributed by atoms with Crippen molar-refractivity contribution in [2.45, 2.75) is 13.8 Å². The van der Waals surface area contributed by atoms with Gasteiger partial charge in [0.15, 0.2) is 0 Å². The molecule has 0 amide bonds. The molecule has 1 aromatic heterocycles. The minimum atomic E-state index is -0.394. The van der Waals surface area contributed by atoms with E-state index in [0.29, 0.717) is 22.1 Å². The molecule has 0 aliphatic rings. The second kappa shape index (κ2) is 5.27. The Kier molecular flexibility index (Phi) is 3.72. The molecule has 2 rings (SSSR count). The number of esters is 1. The zero-order chi connectivity index (χ0) is 13.1. The molecule has 0 spiro atoms. The van der Waals surface area contributed by atoms with Crippen molar-refractivity contribution >= 4 is 17.3 Å². The van der Waals surface area contributed by atoms with E-state index in [1.165, 1.54) is 29.7 Å². The zero-order valence-corrected chi connectivity index (χ0v) is 10.9. The maximum atomic E-state index is 13.3. The van der Waals surface area contributed by atoms with Crippen LogP contribution < -0.4 is 0 Å². The van der Waals surface area contributed by atoms with Gasteiger partial charge in [-0.1, -0.05) is 0 Å². The largest absolute Gasteiger partial charge is 0.462 e. The van der Waals surface area contributed by atoms with Crippen LogP contribution in [0.4, 0.5) is 4.39 Å². The van der Waals surface area contributed by atoms with E-state index in [-0.39, 0.29) is 5.82 Å². The van der Waals surface area contributed by atoms with Crippen LogP contribution in [-0.2, 0) is 4.74 Å². The minimum absolute atomic E-state index is 0.308. The predicted octanol–water partition coefficient (Wildman–Crippen LogP) is 3.43. The van der Waals surface area contributed by atoms with Crippen molar-refractivity contribution in [2.75, 3.05) is 6.61 Å². The minimum Gasteiger partial charge on any atom is -0.462 e. The SMILES string of the molecule is CCOC(=O)c1cnc(-c2cc(C)cc(F)c2)s1. The van der Waals surface area contributed by atoms with Crippen LogP contribution in [0.15, 0.2) is 24.4 Å². The van der Waals surface area contributed by atoms with Crippen LogP contribution in [0, 0.1) is 12.7 Å². The number of carbonyl (C=O) groups is 1. The third-order valence-corrected chi connectivity index (χ3v) is 3.30. The van der Waals surface area contributed by atoms with E-state index in [9.17, 15) is 9.18 Å². The van der Waals surface area contributed by atoms with Crippen LogP contribution in [0.5, 0.6) is 0 Å². The van der Waals surface area contributed by atoms with Crippen LogP contribution >= 0.6 is 11.3 Å². The lowest BCUT2D eigenvalue weighted by molar-refractivity contribution is 0.0532. The number of ether oxygens (including phenoxy) is 1. The van der Waals surface area contributed by atoms with Gasteiger partial charge in [-0.3, -0.25) is 0 Å². The van der Waals surface area contributed by atoms with Crippen molar-refractivity contribution in [2.24, 2.45) is 0 Å². The number of rotatable bonds is 3. The van der Waals surface area contributed by atoms with Gasteiger partial charge in [0.1, 0.15) is 15.7 Å². The second-order valence-corrected chi connectivity index (χ2v) is 4.80. The number of hydrogen-bond donors (Lipinski definition) is 0. The maximum absolute atomic E-state index is 13.3. The average Bonchev–Trinajstić information content (AvgIpc) is 2.77. The van der Waals surface area contributed by atoms with Crippen LogP contribution in [-0.4, -0.2) is 17.6 Å². The number of carbonyl (C=O) groups excluding carboxylic acids is 1. The molecular weight excluding hydrogens is 253 g/mol. The third-order valence-electron chi connectivity index (χ3n) is 2.27. The van der Waals surface area contributed by atoms with Gasteiger partial charge in [-0.2, -0.15) is 0 Å². The molecule has 18 heavy (non-hydrogen) atoms. The van der Waals surface area contributed by atoms with E-state index in [1.54, 1.807) is 6.92 Å². The molecule has 5 heteroatoms. The summed E-state index contributed by atoms with van der Waals surface area (Å²) in [6.07, 6.45) is 1.46. The monoisotopic (exact) mass is 265 g/mol. The van der Waals surface area contributed by atoms with Crippen molar-refractivity contribution in [1.82, 2.24) is 4.98 Å². The van der Waals surface area contributed by atoms with E-state index >= 15 is 0 Å². The summed E-state index contributed by atoms with van der Waals surface area (Å²) in [6, 6.07) is 4.68. The van der Waals surface area contributed by atoms with Gasteiger partial charge in [-0.25, -0.2) is 14.2 Å². The lowest BCUT2D eigenvalue weighted by atomic mass is 10.1. The van der Waals surface area contributed by atoms with Crippen molar-refractivity contribution in [3.63, 3.8) is 0 Å². The van der Waals surface area contributed by atoms with E-state index < -0.39 is 5.97 Å². The van der Waals surface area contributed by atoms with E-state index in [4.69, 9.17) is 4.74 Å². The molecule has 0 aliphatic carbocycles. The first-order valence-electron chi connectivity index (χ1n) is 5.50. The van der Waals surface area contributed by atoms with Crippen LogP contribution in [0.25, 0.3) is 10.6 Å². The van der Waals surface area contributed by atoms with Gasteiger partial charge in [-0.15, -0.1) is 11.3 Å². The van der Waals surface area contributed by atoms with Crippen LogP contribution in [0.3, 0.4) is 0 Å². The Morgan fingerprint density at radius 1 is 1.44 bits per heavy atom. The topological polar surface area (TPSA) is 39.2 Å². The van der Waals surface area contributed by atoms with Gasteiger partial charge in [0.05, 0.1) is 12.8 Å². The standard InChI is InChI=1S/C13H12FNO2S/c1-3-17-13(16)11-7-15-12(18-11)9-4-8(2)5-10(14)6-9/h4-7H,3H2,1-2H3. The zero-order valence-electron chi connectivity index (χ0n) is 10.1. The Bertz CT molecular complexity index is 560. The summed E-state index contributed by atoms with van der Waals surface area (Å²) in [6.45, 7) is 3.88. The van der Waals surface area contributed by atoms with E-state index in [2.05, 4.69) is 4.98 Å². The van der Waals surface area contributed by atoms with Gasteiger partial charge >= 0.3 is 5.97 Å². The Morgan fingerprint density at radius 3 is 2.89 bits per heavy atom. The van der Waals surface area contributed by atoms with E-state index in [1.807, 2.05) is 13.0 Å². The van der Waals surface area contributed by atoms with E-state index in [0.717, 1.165) is 5.56 Å². The normalized spacial score (nSPS) is 10.4.